The maximum Gasteiger partial charge on any atom is 1.00 e. The number of nitrogens with one attached hydrogen (secondary N) is 4. The van der Waals surface area contributed by atoms with Gasteiger partial charge in [0.25, 0.3) is 0 Å². The number of hydrogen-bond donors (Lipinski definition) is 4. The third-order valence-corrected chi connectivity index (χ3v) is 8.33. The average molecular weight is 1140 g/mol. The summed E-state index contributed by atoms with van der Waals surface area (Å²) in [6.45, 7) is 0. The summed E-state index contributed by atoms with van der Waals surface area (Å²) < 4.78 is 67.9. The number of benzene rings is 4. The normalized spacial score (nSPS) is 10.5. The van der Waals surface area contributed by atoms with E-state index in [2.05, 4.69) is 64.1 Å². The molecule has 8 aromatic rings. The molecule has 0 atom stereocenters. The van der Waals surface area contributed by atoms with Gasteiger partial charge in [0.05, 0.1) is 44.1 Å². The number of carbonyl (C=O) groups is 2. The second-order valence-electron chi connectivity index (χ2n) is 14.1. The number of fused-ring (bicyclic) bond motifs is 4. The van der Waals surface area contributed by atoms with Crippen LogP contribution in [-0.4, -0.2) is 90.7 Å². The molecule has 66 heavy (non-hydrogen) atoms. The van der Waals surface area contributed by atoms with Crippen LogP contribution in [0.1, 0.15) is 49.0 Å². The molecule has 0 spiro atoms. The molecule has 0 aliphatic carbocycles. The van der Waals surface area contributed by atoms with Crippen LogP contribution >= 0.6 is 0 Å². The fourth-order valence-corrected chi connectivity index (χ4v) is 5.67. The number of rotatable bonds is 12. The van der Waals surface area contributed by atoms with E-state index in [1.165, 1.54) is 9.80 Å². The number of unbranched alkanes of at least 4 members (excludes halogenated alkanes) is 2. The van der Waals surface area contributed by atoms with Crippen LogP contribution in [0.25, 0.3) is 44.1 Å². The number of H-pyrrole nitrogens is 4. The monoisotopic (exact) mass is 1140 g/mol. The number of halogens is 2. The molecule has 0 saturated heterocycles. The molecule has 0 fully saturated rings. The summed E-state index contributed by atoms with van der Waals surface area (Å²) in [6, 6.07) is 32.7. The summed E-state index contributed by atoms with van der Waals surface area (Å²) >= 11 is 0. The van der Waals surface area contributed by atoms with Crippen molar-refractivity contribution in [2.75, 3.05) is 28.2 Å². The van der Waals surface area contributed by atoms with Crippen LogP contribution < -0.4 is 37.3 Å². The van der Waals surface area contributed by atoms with Gasteiger partial charge in [0, 0.05) is 53.9 Å². The van der Waals surface area contributed by atoms with E-state index in [-0.39, 0.29) is 44.8 Å². The number of aryl methyl sites for hydroxylation is 4. The van der Waals surface area contributed by atoms with Crippen molar-refractivity contribution in [3.05, 3.63) is 120 Å². The van der Waals surface area contributed by atoms with E-state index in [9.17, 15) is 9.59 Å². The van der Waals surface area contributed by atoms with Crippen molar-refractivity contribution in [3.63, 3.8) is 0 Å². The first-order chi connectivity index (χ1) is 30.3. The summed E-state index contributed by atoms with van der Waals surface area (Å²) in [7, 11) is -3.14. The fraction of sp³-hybridized carbons (Fsp3) is 0.286. The van der Waals surface area contributed by atoms with Gasteiger partial charge >= 0.3 is 44.8 Å². The first kappa shape index (κ1) is 59.5. The van der Waals surface area contributed by atoms with Gasteiger partial charge in [0.2, 0.25) is 12.8 Å². The van der Waals surface area contributed by atoms with E-state index < -0.39 is 20.5 Å². The van der Waals surface area contributed by atoms with Gasteiger partial charge in [0.15, 0.2) is 0 Å². The molecule has 4 heterocycles. The van der Waals surface area contributed by atoms with Crippen molar-refractivity contribution in [3.8, 4) is 0 Å². The molecular weight excluding hydrogens is 1090 g/mol. The Hall–Kier alpha value is -4.56. The van der Waals surface area contributed by atoms with Crippen LogP contribution in [0.15, 0.2) is 97.1 Å². The third-order valence-electron chi connectivity index (χ3n) is 8.33. The first-order valence-corrected chi connectivity index (χ1v) is 22.0. The van der Waals surface area contributed by atoms with Crippen molar-refractivity contribution >= 4 is 57.0 Å². The van der Waals surface area contributed by atoms with Crippen molar-refractivity contribution in [1.82, 2.24) is 49.7 Å². The predicted octanol–water partition coefficient (Wildman–Crippen LogP) is -2.10. The fourth-order valence-electron chi connectivity index (χ4n) is 5.67. The molecule has 4 aromatic carbocycles. The zero-order chi connectivity index (χ0) is 47.1. The Bertz CT molecular complexity index is 2110. The van der Waals surface area contributed by atoms with Crippen LogP contribution in [0, 0.1) is 20.5 Å². The van der Waals surface area contributed by atoms with E-state index in [1.54, 1.807) is 28.2 Å². The maximum atomic E-state index is 9.43. The quantitative estimate of drug-likeness (QED) is 0.0579. The van der Waals surface area contributed by atoms with Crippen molar-refractivity contribution in [1.29, 1.82) is 0 Å². The minimum atomic E-state index is -4.94. The molecule has 8 rings (SSSR count). The van der Waals surface area contributed by atoms with Gasteiger partial charge in [-0.25, -0.2) is 57.2 Å². The van der Waals surface area contributed by atoms with Gasteiger partial charge in [0.1, 0.15) is 23.3 Å². The molecule has 0 aliphatic heterocycles. The smallest absolute Gasteiger partial charge is 0.351 e. The molecular formula is C42H50Ag2Cl2N10O10. The summed E-state index contributed by atoms with van der Waals surface area (Å²) in [5.74, 6) is 4.30. The zero-order valence-corrected chi connectivity index (χ0v) is 40.7. The summed E-state index contributed by atoms with van der Waals surface area (Å²) in [5, 5.41) is 0. The van der Waals surface area contributed by atoms with Crippen LogP contribution in [0.5, 0.6) is 0 Å². The Balaban J connectivity index is 0.000000462. The van der Waals surface area contributed by atoms with Crippen LogP contribution in [0.4, 0.5) is 0 Å². The molecule has 24 heteroatoms. The Morgan fingerprint density at radius 1 is 0.409 bits per heavy atom. The predicted molar refractivity (Wildman–Crippen MR) is 217 cm³/mol. The molecule has 4 N–H and O–H groups in total. The maximum absolute atomic E-state index is 9.43. The number of hydrogen-bond acceptors (Lipinski definition) is 14. The molecule has 0 aliphatic rings. The van der Waals surface area contributed by atoms with Gasteiger partial charge in [-0.15, -0.1) is 20.5 Å². The largest absolute Gasteiger partial charge is 1.00 e. The van der Waals surface area contributed by atoms with E-state index in [0.717, 1.165) is 132 Å². The Labute approximate surface area is 416 Å². The van der Waals surface area contributed by atoms with Crippen molar-refractivity contribution in [2.24, 2.45) is 0 Å². The first-order valence-electron chi connectivity index (χ1n) is 19.5. The number of aromatic amines is 4. The minimum Gasteiger partial charge on any atom is -0.351 e. The summed E-state index contributed by atoms with van der Waals surface area (Å²) in [6.07, 6.45) is 9.86. The second-order valence-corrected chi connectivity index (χ2v) is 15.6. The minimum absolute atomic E-state index is 0. The van der Waals surface area contributed by atoms with Crippen LogP contribution in [-0.2, 0) is 80.0 Å². The summed E-state index contributed by atoms with van der Waals surface area (Å²) in [4.78, 5) is 53.7. The zero-order valence-electron chi connectivity index (χ0n) is 36.2. The van der Waals surface area contributed by atoms with Crippen molar-refractivity contribution in [2.45, 2.75) is 51.4 Å². The molecule has 4 aromatic heterocycles. The van der Waals surface area contributed by atoms with Crippen LogP contribution in [0.2, 0.25) is 0 Å². The van der Waals surface area contributed by atoms with Gasteiger partial charge in [-0.3, -0.25) is 9.59 Å². The Morgan fingerprint density at radius 2 is 0.576 bits per heavy atom. The SMILES string of the molecule is CN(C)C=O.CN(C)C=O.[Ag+].[Ag+].[O-][Cl+3]([O-])([O-])[O-].[O-][Cl+3]([O-])([O-])[O-].c1ccc2[nH]c(CCCCc3nc4ccccc4[nH]3)nc2c1.c1ccc2[nH]c(CCCCc3nc4ccccc4[nH]3)nc2c1. The molecule has 0 bridgehead atoms. The number of amides is 2. The summed E-state index contributed by atoms with van der Waals surface area (Å²) in [5.41, 5.74) is 8.68. The molecule has 0 radical (unpaired) electrons. The molecule has 364 valence electrons. The number of carbonyl (C=O) groups excluding carboxylic acids is 2. The number of aromatic nitrogens is 8. The second kappa shape index (κ2) is 30.7. The van der Waals surface area contributed by atoms with Gasteiger partial charge in [-0.1, -0.05) is 48.5 Å². The number of imidazole rings is 4. The number of nitrogens with zero attached hydrogens (tertiary/aromatic N) is 6. The average Bonchev–Trinajstić information content (AvgIpc) is 4.04. The van der Waals surface area contributed by atoms with Gasteiger partial charge in [-0.2, -0.15) is 0 Å². The van der Waals surface area contributed by atoms with Crippen molar-refractivity contribution < 1.29 is 112 Å². The number of para-hydroxylation sites is 8. The topological polar surface area (TPSA) is 340 Å². The van der Waals surface area contributed by atoms with Gasteiger partial charge < -0.3 is 29.7 Å². The van der Waals surface area contributed by atoms with Crippen LogP contribution in [0.3, 0.4) is 0 Å². The van der Waals surface area contributed by atoms with E-state index in [0.29, 0.717) is 0 Å². The molecule has 0 unspecified atom stereocenters. The van der Waals surface area contributed by atoms with E-state index >= 15 is 0 Å². The molecule has 2 amide bonds. The molecule has 20 nitrogen and oxygen atoms in total. The van der Waals surface area contributed by atoms with E-state index in [4.69, 9.17) is 37.3 Å². The standard InChI is InChI=1S/2C18H18N4.2C3H7NO.2Ag.2ClHO4/c2*1-2-8-14-13(7-1)19-17(20-14)11-5-6-12-18-21-15-9-3-4-10-16(15)22-18;2*1-4(2)3-5;;;2*2-1(3,4)5/h2*1-4,7-10H,5-6,11-12H2,(H,19,20)(H,21,22);2*3H,1-2H3;;;2*(H,2,3,4,5)/q;;;;2*+1;;/p-2. The van der Waals surface area contributed by atoms with Gasteiger partial charge in [-0.05, 0) is 74.2 Å². The van der Waals surface area contributed by atoms with E-state index in [1.807, 2.05) is 72.8 Å². The Morgan fingerprint density at radius 3 is 0.727 bits per heavy atom. The molecule has 0 saturated carbocycles. The third kappa shape index (κ3) is 25.4. The Kier molecular flexibility index (Phi) is 27.6.